The van der Waals surface area contributed by atoms with Crippen LogP contribution in [0.25, 0.3) is 0 Å². The van der Waals surface area contributed by atoms with Gasteiger partial charge >= 0.3 is 0 Å². The smallest absolute Gasteiger partial charge is 0.150 e. The number of hydrogen-bond donors (Lipinski definition) is 0. The highest BCUT2D eigenvalue weighted by Gasteiger charge is 2.43. The molecule has 74 valence electrons. The molecule has 0 aliphatic heterocycles. The van der Waals surface area contributed by atoms with Gasteiger partial charge in [0.1, 0.15) is 0 Å². The molecular weight excluding hydrogens is 235 g/mol. The summed E-state index contributed by atoms with van der Waals surface area (Å²) in [4.78, 5) is 0. The van der Waals surface area contributed by atoms with Gasteiger partial charge in [0, 0.05) is 14.6 Å². The van der Waals surface area contributed by atoms with Crippen molar-refractivity contribution in [3.05, 3.63) is 24.3 Å². The average molecular weight is 251 g/mol. The minimum absolute atomic E-state index is 0.146. The lowest BCUT2D eigenvalue weighted by Crippen LogP contribution is -2.40. The van der Waals surface area contributed by atoms with Crippen LogP contribution >= 0.6 is 22.2 Å². The van der Waals surface area contributed by atoms with Crippen molar-refractivity contribution in [1.29, 1.82) is 0 Å². The van der Waals surface area contributed by atoms with E-state index in [1.807, 2.05) is 0 Å². The maximum absolute atomic E-state index is 6.46. The van der Waals surface area contributed by atoms with Crippen LogP contribution in [0.1, 0.15) is 13.8 Å². The van der Waals surface area contributed by atoms with Gasteiger partial charge in [0.15, 0.2) is 0 Å². The Morgan fingerprint density at radius 3 is 2.38 bits per heavy atom. The fourth-order valence-corrected chi connectivity index (χ4v) is 9.18. The average Bonchev–Trinajstić information content (AvgIpc) is 2.03. The molecule has 0 nitrogen and oxygen atoms in total. The number of hydrogen-bond acceptors (Lipinski definition) is 0. The summed E-state index contributed by atoms with van der Waals surface area (Å²) < 4.78 is 0. The summed E-state index contributed by atoms with van der Waals surface area (Å²) in [5.74, 6) is 0. The highest BCUT2D eigenvalue weighted by atomic mass is 35.7. The first-order chi connectivity index (χ1) is 5.90. The van der Waals surface area contributed by atoms with Crippen LogP contribution < -0.4 is 0 Å². The molecule has 1 atom stereocenters. The number of allylic oxidation sites excluding steroid dienone is 4. The highest BCUT2D eigenvalue weighted by Crippen LogP contribution is 2.46. The number of rotatable bonds is 2. The van der Waals surface area contributed by atoms with Crippen molar-refractivity contribution < 1.29 is 0 Å². The largest absolute Gasteiger partial charge is 0.238 e. The van der Waals surface area contributed by atoms with Gasteiger partial charge in [0.05, 0.1) is 0 Å². The van der Waals surface area contributed by atoms with E-state index in [4.69, 9.17) is 22.2 Å². The van der Waals surface area contributed by atoms with Crippen molar-refractivity contribution in [1.82, 2.24) is 0 Å². The highest BCUT2D eigenvalue weighted by molar-refractivity contribution is 7.67. The van der Waals surface area contributed by atoms with E-state index in [0.717, 1.165) is 0 Å². The molecule has 0 aromatic carbocycles. The lowest BCUT2D eigenvalue weighted by molar-refractivity contribution is 0.480. The Labute approximate surface area is 93.0 Å². The van der Waals surface area contributed by atoms with E-state index < -0.39 is 6.21 Å². The van der Waals surface area contributed by atoms with Crippen molar-refractivity contribution in [2.45, 2.75) is 25.9 Å². The second kappa shape index (κ2) is 3.93. The molecule has 0 aromatic heterocycles. The van der Waals surface area contributed by atoms with Crippen molar-refractivity contribution in [3.63, 3.8) is 0 Å². The van der Waals surface area contributed by atoms with E-state index in [1.54, 1.807) is 0 Å². The van der Waals surface area contributed by atoms with Gasteiger partial charge in [-0.2, -0.15) is 0 Å². The molecule has 0 radical (unpaired) electrons. The van der Waals surface area contributed by atoms with E-state index >= 15 is 0 Å². The van der Waals surface area contributed by atoms with E-state index in [-0.39, 0.29) is 14.5 Å². The zero-order valence-electron chi connectivity index (χ0n) is 8.35. The van der Waals surface area contributed by atoms with Crippen LogP contribution in [0.2, 0.25) is 12.1 Å². The van der Waals surface area contributed by atoms with Crippen LogP contribution in [0.15, 0.2) is 24.3 Å². The van der Waals surface area contributed by atoms with Gasteiger partial charge in [0.25, 0.3) is 0 Å². The van der Waals surface area contributed by atoms with E-state index in [9.17, 15) is 0 Å². The van der Waals surface area contributed by atoms with E-state index in [2.05, 4.69) is 44.7 Å². The molecule has 0 fully saturated rings. The number of halogens is 2. The standard InChI is InChI=1S/C9H16Cl2Si2/c1-9(2)7-5-4-6-8(9)13(10,11)12-3/h4-8H,12H2,1-3H3. The van der Waals surface area contributed by atoms with Gasteiger partial charge in [0.2, 0.25) is 6.21 Å². The Bertz CT molecular complexity index is 244. The summed E-state index contributed by atoms with van der Waals surface area (Å²) in [7, 11) is -0.287. The summed E-state index contributed by atoms with van der Waals surface area (Å²) in [5.41, 5.74) is 0.540. The molecule has 13 heavy (non-hydrogen) atoms. The zero-order chi connectivity index (χ0) is 10.1. The molecule has 0 heterocycles. The lowest BCUT2D eigenvalue weighted by atomic mass is 9.85. The van der Waals surface area contributed by atoms with Gasteiger partial charge in [-0.1, -0.05) is 44.7 Å². The molecule has 0 amide bonds. The van der Waals surface area contributed by atoms with Crippen molar-refractivity contribution in [2.24, 2.45) is 5.41 Å². The first kappa shape index (κ1) is 11.6. The fraction of sp³-hybridized carbons (Fsp3) is 0.556. The monoisotopic (exact) mass is 250 g/mol. The Balaban J connectivity index is 2.92. The lowest BCUT2D eigenvalue weighted by Gasteiger charge is -2.37. The third-order valence-corrected chi connectivity index (χ3v) is 15.8. The van der Waals surface area contributed by atoms with Crippen LogP contribution in [-0.4, -0.2) is 15.2 Å². The molecule has 1 aliphatic carbocycles. The predicted octanol–water partition coefficient (Wildman–Crippen LogP) is 3.14. The van der Waals surface area contributed by atoms with Gasteiger partial charge in [-0.25, -0.2) is 0 Å². The molecule has 1 aliphatic rings. The van der Waals surface area contributed by atoms with Gasteiger partial charge in [-0.3, -0.25) is 0 Å². The van der Waals surface area contributed by atoms with Crippen molar-refractivity contribution in [2.75, 3.05) is 0 Å². The summed E-state index contributed by atoms with van der Waals surface area (Å²) >= 11 is 12.9. The van der Waals surface area contributed by atoms with Crippen LogP contribution in [0.4, 0.5) is 0 Å². The quantitative estimate of drug-likeness (QED) is 0.522. The molecule has 1 unspecified atom stereocenters. The molecule has 0 bridgehead atoms. The zero-order valence-corrected chi connectivity index (χ0v) is 12.3. The van der Waals surface area contributed by atoms with E-state index in [1.165, 1.54) is 0 Å². The Morgan fingerprint density at radius 2 is 1.92 bits per heavy atom. The normalized spacial score (nSPS) is 27.3. The second-order valence-electron chi connectivity index (χ2n) is 4.16. The molecular formula is C9H16Cl2Si2. The van der Waals surface area contributed by atoms with Crippen molar-refractivity contribution in [3.8, 4) is 0 Å². The first-order valence-corrected chi connectivity index (χ1v) is 12.5. The van der Waals surface area contributed by atoms with Gasteiger partial charge < -0.3 is 0 Å². The minimum Gasteiger partial charge on any atom is -0.150 e. The Hall–Kier alpha value is 0.494. The molecule has 0 saturated carbocycles. The van der Waals surface area contributed by atoms with Crippen molar-refractivity contribution >= 4 is 37.4 Å². The third kappa shape index (κ3) is 2.49. The molecule has 4 heteroatoms. The topological polar surface area (TPSA) is 0 Å². The van der Waals surface area contributed by atoms with Crippen LogP contribution in [0.5, 0.6) is 0 Å². The van der Waals surface area contributed by atoms with Crippen LogP contribution in [-0.2, 0) is 0 Å². The van der Waals surface area contributed by atoms with Gasteiger partial charge in [-0.05, 0) is 5.41 Å². The second-order valence-corrected chi connectivity index (χ2v) is 19.8. The summed E-state index contributed by atoms with van der Waals surface area (Å²) in [6.07, 6.45) is 6.61. The predicted molar refractivity (Wildman–Crippen MR) is 67.7 cm³/mol. The Kier molecular flexibility index (Phi) is 3.50. The van der Waals surface area contributed by atoms with E-state index in [0.29, 0.717) is 5.54 Å². The molecule has 1 rings (SSSR count). The SMILES string of the molecule is C[SiH2][Si](Cl)(Cl)C1C=CC=CC1(C)C. The fourth-order valence-electron chi connectivity index (χ4n) is 1.74. The molecule has 0 saturated heterocycles. The summed E-state index contributed by atoms with van der Waals surface area (Å²) in [5, 5.41) is 0. The van der Waals surface area contributed by atoms with Gasteiger partial charge in [-0.15, -0.1) is 22.2 Å². The van der Waals surface area contributed by atoms with Crippen LogP contribution in [0.3, 0.4) is 0 Å². The van der Waals surface area contributed by atoms with Crippen LogP contribution in [0, 0.1) is 5.41 Å². The maximum Gasteiger partial charge on any atom is 0.238 e. The molecule has 0 spiro atoms. The summed E-state index contributed by atoms with van der Waals surface area (Å²) in [6.45, 7) is 6.65. The molecule has 0 aromatic rings. The summed E-state index contributed by atoms with van der Waals surface area (Å²) in [6, 6.07) is 0. The Morgan fingerprint density at radius 1 is 1.31 bits per heavy atom. The molecule has 0 N–H and O–H groups in total. The third-order valence-electron chi connectivity index (χ3n) is 2.67. The first-order valence-electron chi connectivity index (χ1n) is 4.64. The minimum atomic E-state index is -1.97. The maximum atomic E-state index is 6.46.